The maximum atomic E-state index is 12.9. The standard InChI is InChI=1S/C23H22N8O2S/c1-15-8-10-18(11-9-15)34-14-19-20(26-30-31(19)22-21(24)28-33-29-22)23(32)27-25-13-16(2)12-17-6-4-3-5-7-17/h3-13H,14H2,1-2H3,(H2,24,28)(H,27,32)/b16-12+,25-13-. The van der Waals surface area contributed by atoms with E-state index in [0.717, 1.165) is 21.6 Å². The molecule has 4 rings (SSSR count). The fourth-order valence-corrected chi connectivity index (χ4v) is 3.89. The lowest BCUT2D eigenvalue weighted by Crippen LogP contribution is -2.20. The number of aromatic nitrogens is 5. The van der Waals surface area contributed by atoms with Crippen LogP contribution in [0.5, 0.6) is 0 Å². The van der Waals surface area contributed by atoms with Gasteiger partial charge in [0.2, 0.25) is 11.6 Å². The summed E-state index contributed by atoms with van der Waals surface area (Å²) in [5.74, 6) is 0.0702. The lowest BCUT2D eigenvalue weighted by Gasteiger charge is -2.06. The van der Waals surface area contributed by atoms with Crippen LogP contribution in [0.3, 0.4) is 0 Å². The Morgan fingerprint density at radius 2 is 1.94 bits per heavy atom. The number of anilines is 1. The smallest absolute Gasteiger partial charge is 0.293 e. The second kappa shape index (κ2) is 10.6. The molecular weight excluding hydrogens is 452 g/mol. The third-order valence-electron chi connectivity index (χ3n) is 4.70. The molecule has 0 saturated carbocycles. The molecule has 4 aromatic rings. The van der Waals surface area contributed by atoms with Crippen LogP contribution in [-0.2, 0) is 5.75 Å². The average Bonchev–Trinajstić information content (AvgIpc) is 3.45. The quantitative estimate of drug-likeness (QED) is 0.224. The van der Waals surface area contributed by atoms with Crippen LogP contribution < -0.4 is 11.2 Å². The van der Waals surface area contributed by atoms with Crippen LogP contribution in [0, 0.1) is 6.92 Å². The Morgan fingerprint density at radius 3 is 2.65 bits per heavy atom. The van der Waals surface area contributed by atoms with Gasteiger partial charge in [-0.1, -0.05) is 59.3 Å². The van der Waals surface area contributed by atoms with Gasteiger partial charge < -0.3 is 5.73 Å². The molecule has 0 unspecified atom stereocenters. The van der Waals surface area contributed by atoms with Crippen LogP contribution in [0.15, 0.2) is 74.8 Å². The van der Waals surface area contributed by atoms with Gasteiger partial charge in [-0.3, -0.25) is 4.79 Å². The van der Waals surface area contributed by atoms with Crippen LogP contribution >= 0.6 is 11.8 Å². The molecule has 1 amide bonds. The first-order chi connectivity index (χ1) is 16.5. The van der Waals surface area contributed by atoms with Crippen LogP contribution in [0.2, 0.25) is 0 Å². The number of thioether (sulfide) groups is 1. The molecule has 0 atom stereocenters. The molecule has 0 aliphatic rings. The molecule has 0 aliphatic carbocycles. The van der Waals surface area contributed by atoms with Gasteiger partial charge in [0.25, 0.3) is 5.91 Å². The van der Waals surface area contributed by atoms with Gasteiger partial charge in [0, 0.05) is 10.6 Å². The molecule has 11 heteroatoms. The molecular formula is C23H22N8O2S. The van der Waals surface area contributed by atoms with Crippen molar-refractivity contribution >= 4 is 35.8 Å². The fraction of sp³-hybridized carbons (Fsp3) is 0.130. The Balaban J connectivity index is 1.53. The van der Waals surface area contributed by atoms with E-state index in [1.54, 1.807) is 6.21 Å². The zero-order valence-electron chi connectivity index (χ0n) is 18.5. The summed E-state index contributed by atoms with van der Waals surface area (Å²) in [7, 11) is 0. The molecule has 2 aromatic carbocycles. The number of hydrazone groups is 1. The van der Waals surface area contributed by atoms with Crippen LogP contribution in [0.25, 0.3) is 11.9 Å². The second-order valence-electron chi connectivity index (χ2n) is 7.37. The van der Waals surface area contributed by atoms with E-state index in [2.05, 4.69) is 35.8 Å². The summed E-state index contributed by atoms with van der Waals surface area (Å²) in [6, 6.07) is 17.9. The summed E-state index contributed by atoms with van der Waals surface area (Å²) in [6.45, 7) is 3.91. The first-order valence-corrected chi connectivity index (χ1v) is 11.3. The molecule has 3 N–H and O–H groups in total. The van der Waals surface area contributed by atoms with E-state index in [1.165, 1.54) is 16.4 Å². The molecule has 172 valence electrons. The van der Waals surface area contributed by atoms with Crippen molar-refractivity contribution in [3.63, 3.8) is 0 Å². The highest BCUT2D eigenvalue weighted by atomic mass is 32.2. The average molecular weight is 475 g/mol. The third kappa shape index (κ3) is 5.56. The summed E-state index contributed by atoms with van der Waals surface area (Å²) in [6.07, 6.45) is 3.52. The summed E-state index contributed by atoms with van der Waals surface area (Å²) in [5, 5.41) is 19.5. The number of nitrogens with two attached hydrogens (primary N) is 1. The maximum absolute atomic E-state index is 12.9. The van der Waals surface area contributed by atoms with Crippen LogP contribution in [0.4, 0.5) is 5.82 Å². The number of amides is 1. The maximum Gasteiger partial charge on any atom is 0.293 e. The number of benzene rings is 2. The van der Waals surface area contributed by atoms with Gasteiger partial charge in [-0.25, -0.2) is 10.1 Å². The van der Waals surface area contributed by atoms with Crippen molar-refractivity contribution in [3.8, 4) is 5.82 Å². The van der Waals surface area contributed by atoms with Crippen LogP contribution in [0.1, 0.15) is 34.2 Å². The number of carbonyl (C=O) groups excluding carboxylic acids is 1. The van der Waals surface area contributed by atoms with Crippen molar-refractivity contribution in [1.29, 1.82) is 0 Å². The van der Waals surface area contributed by atoms with E-state index in [-0.39, 0.29) is 17.3 Å². The molecule has 2 aromatic heterocycles. The third-order valence-corrected chi connectivity index (χ3v) is 5.72. The summed E-state index contributed by atoms with van der Waals surface area (Å²) in [5.41, 5.74) is 12.0. The fourth-order valence-electron chi connectivity index (χ4n) is 3.00. The number of rotatable bonds is 8. The van der Waals surface area contributed by atoms with Crippen molar-refractivity contribution < 1.29 is 9.42 Å². The topological polar surface area (TPSA) is 137 Å². The second-order valence-corrected chi connectivity index (χ2v) is 8.42. The SMILES string of the molecule is CC(/C=N\NC(=O)c1nnn(-c2nonc2N)c1CSc1ccc(C)cc1)=C\c1ccccc1. The Kier molecular flexibility index (Phi) is 7.13. The number of nitrogen functional groups attached to an aromatic ring is 1. The van der Waals surface area contributed by atoms with Crippen molar-refractivity contribution in [3.05, 3.63) is 82.7 Å². The van der Waals surface area contributed by atoms with E-state index in [1.807, 2.05) is 74.5 Å². The molecule has 0 spiro atoms. The van der Waals surface area contributed by atoms with Gasteiger partial charge in [0.05, 0.1) is 11.9 Å². The summed E-state index contributed by atoms with van der Waals surface area (Å²) in [4.78, 5) is 13.9. The van der Waals surface area contributed by atoms with E-state index < -0.39 is 5.91 Å². The largest absolute Gasteiger partial charge is 0.378 e. The Morgan fingerprint density at radius 1 is 1.18 bits per heavy atom. The van der Waals surface area contributed by atoms with Gasteiger partial charge in [-0.2, -0.15) is 9.78 Å². The number of hydrogen-bond acceptors (Lipinski definition) is 9. The summed E-state index contributed by atoms with van der Waals surface area (Å²) >= 11 is 1.52. The van der Waals surface area contributed by atoms with Crippen molar-refractivity contribution in [1.82, 2.24) is 30.7 Å². The molecule has 0 saturated heterocycles. The molecule has 0 bridgehead atoms. The molecule has 34 heavy (non-hydrogen) atoms. The number of hydrogen-bond donors (Lipinski definition) is 2. The van der Waals surface area contributed by atoms with E-state index in [0.29, 0.717) is 11.4 Å². The van der Waals surface area contributed by atoms with Crippen LogP contribution in [-0.4, -0.2) is 37.4 Å². The lowest BCUT2D eigenvalue weighted by molar-refractivity contribution is 0.0949. The Bertz CT molecular complexity index is 1330. The van der Waals surface area contributed by atoms with Gasteiger partial charge in [-0.15, -0.1) is 16.9 Å². The zero-order chi connectivity index (χ0) is 23.9. The highest BCUT2D eigenvalue weighted by molar-refractivity contribution is 7.98. The van der Waals surface area contributed by atoms with E-state index >= 15 is 0 Å². The highest BCUT2D eigenvalue weighted by Crippen LogP contribution is 2.26. The monoisotopic (exact) mass is 474 g/mol. The number of nitrogens with one attached hydrogen (secondary N) is 1. The first kappa shape index (κ1) is 22.9. The predicted molar refractivity (Wildman–Crippen MR) is 130 cm³/mol. The predicted octanol–water partition coefficient (Wildman–Crippen LogP) is 3.65. The molecule has 2 heterocycles. The van der Waals surface area contributed by atoms with Crippen molar-refractivity contribution in [2.75, 3.05) is 5.73 Å². The number of carbonyl (C=O) groups is 1. The summed E-state index contributed by atoms with van der Waals surface area (Å²) < 4.78 is 6.04. The number of nitrogens with zero attached hydrogens (tertiary/aromatic N) is 6. The number of allylic oxidation sites excluding steroid dienone is 1. The van der Waals surface area contributed by atoms with E-state index in [4.69, 9.17) is 5.73 Å². The zero-order valence-corrected chi connectivity index (χ0v) is 19.4. The molecule has 0 fully saturated rings. The molecule has 0 aliphatic heterocycles. The van der Waals surface area contributed by atoms with Gasteiger partial charge in [0.15, 0.2) is 5.69 Å². The van der Waals surface area contributed by atoms with Crippen molar-refractivity contribution in [2.24, 2.45) is 5.10 Å². The van der Waals surface area contributed by atoms with E-state index in [9.17, 15) is 4.79 Å². The Hall–Kier alpha value is -4.25. The molecule has 10 nitrogen and oxygen atoms in total. The number of aryl methyl sites for hydroxylation is 1. The van der Waals surface area contributed by atoms with Gasteiger partial charge >= 0.3 is 0 Å². The van der Waals surface area contributed by atoms with Crippen molar-refractivity contribution in [2.45, 2.75) is 24.5 Å². The molecule has 0 radical (unpaired) electrons. The lowest BCUT2D eigenvalue weighted by atomic mass is 10.1. The Labute approximate surface area is 199 Å². The first-order valence-electron chi connectivity index (χ1n) is 10.3. The van der Waals surface area contributed by atoms with Gasteiger partial charge in [0.1, 0.15) is 0 Å². The normalized spacial score (nSPS) is 11.8. The highest BCUT2D eigenvalue weighted by Gasteiger charge is 2.24. The van der Waals surface area contributed by atoms with Gasteiger partial charge in [-0.05, 0) is 47.4 Å². The minimum atomic E-state index is -0.510. The minimum Gasteiger partial charge on any atom is -0.378 e. The minimum absolute atomic E-state index is 0.0399.